The van der Waals surface area contributed by atoms with Crippen LogP contribution in [-0.4, -0.2) is 6.36 Å². The molecule has 1 nitrogen and oxygen atoms in total. The number of hydrogen-bond acceptors (Lipinski definition) is 1. The SMILES string of the molecule is Cc1cc(F)c(OC(F)(F)F)cc1F. The minimum Gasteiger partial charge on any atom is -0.403 e. The van der Waals surface area contributed by atoms with Gasteiger partial charge < -0.3 is 4.74 Å². The number of benzene rings is 1. The van der Waals surface area contributed by atoms with Gasteiger partial charge in [0.1, 0.15) is 5.82 Å². The molecule has 78 valence electrons. The van der Waals surface area contributed by atoms with E-state index in [0.29, 0.717) is 12.1 Å². The summed E-state index contributed by atoms with van der Waals surface area (Å²) in [5, 5.41) is 0. The molecule has 0 unspecified atom stereocenters. The van der Waals surface area contributed by atoms with Crippen molar-refractivity contribution in [1.29, 1.82) is 0 Å². The van der Waals surface area contributed by atoms with Crippen LogP contribution >= 0.6 is 0 Å². The fourth-order valence-corrected chi connectivity index (χ4v) is 0.831. The Morgan fingerprint density at radius 3 is 2.14 bits per heavy atom. The maximum absolute atomic E-state index is 12.8. The second kappa shape index (κ2) is 3.43. The zero-order valence-corrected chi connectivity index (χ0v) is 6.95. The summed E-state index contributed by atoms with van der Waals surface area (Å²) < 4.78 is 63.7. The fourth-order valence-electron chi connectivity index (χ4n) is 0.831. The summed E-state index contributed by atoms with van der Waals surface area (Å²) in [5.74, 6) is -3.37. The molecule has 1 aromatic rings. The Labute approximate surface area is 76.1 Å². The van der Waals surface area contributed by atoms with Gasteiger partial charge in [0.2, 0.25) is 0 Å². The van der Waals surface area contributed by atoms with Crippen LogP contribution in [0.2, 0.25) is 0 Å². The summed E-state index contributed by atoms with van der Waals surface area (Å²) >= 11 is 0. The molecule has 6 heteroatoms. The molecular formula is C8H5F5O. The Hall–Kier alpha value is -1.33. The van der Waals surface area contributed by atoms with Gasteiger partial charge in [0, 0.05) is 6.07 Å². The van der Waals surface area contributed by atoms with Crippen molar-refractivity contribution in [2.75, 3.05) is 0 Å². The topological polar surface area (TPSA) is 9.23 Å². The fraction of sp³-hybridized carbons (Fsp3) is 0.250. The molecule has 0 aliphatic carbocycles. The second-order valence-corrected chi connectivity index (χ2v) is 2.58. The molecule has 0 fully saturated rings. The summed E-state index contributed by atoms with van der Waals surface area (Å²) in [6.45, 7) is 1.23. The number of ether oxygens (including phenoxy) is 1. The molecule has 1 aromatic carbocycles. The molecule has 0 heterocycles. The molecule has 0 saturated heterocycles. The van der Waals surface area contributed by atoms with Gasteiger partial charge in [0.25, 0.3) is 0 Å². The molecular weight excluding hydrogens is 207 g/mol. The molecule has 0 aliphatic heterocycles. The Morgan fingerprint density at radius 1 is 1.07 bits per heavy atom. The van der Waals surface area contributed by atoms with E-state index in [0.717, 1.165) is 0 Å². The van der Waals surface area contributed by atoms with E-state index in [1.54, 1.807) is 0 Å². The van der Waals surface area contributed by atoms with E-state index in [-0.39, 0.29) is 5.56 Å². The summed E-state index contributed by atoms with van der Waals surface area (Å²) in [7, 11) is 0. The monoisotopic (exact) mass is 212 g/mol. The van der Waals surface area contributed by atoms with E-state index in [2.05, 4.69) is 4.74 Å². The minimum atomic E-state index is -5.03. The number of hydrogen-bond donors (Lipinski definition) is 0. The van der Waals surface area contributed by atoms with Gasteiger partial charge in [-0.25, -0.2) is 8.78 Å². The van der Waals surface area contributed by atoms with E-state index in [1.807, 2.05) is 0 Å². The van der Waals surface area contributed by atoms with Crippen LogP contribution in [0.15, 0.2) is 12.1 Å². The predicted molar refractivity (Wildman–Crippen MR) is 37.8 cm³/mol. The standard InChI is InChI=1S/C8H5F5O/c1-4-2-6(10)7(3-5(4)9)14-8(11,12)13/h2-3H,1H3. The van der Waals surface area contributed by atoms with Crippen molar-refractivity contribution < 1.29 is 26.7 Å². The molecule has 0 aliphatic rings. The Bertz CT molecular complexity index is 344. The first-order chi connectivity index (χ1) is 6.29. The maximum atomic E-state index is 12.8. The molecule has 14 heavy (non-hydrogen) atoms. The third kappa shape index (κ3) is 2.58. The highest BCUT2D eigenvalue weighted by atomic mass is 19.4. The molecule has 0 aromatic heterocycles. The highest BCUT2D eigenvalue weighted by Gasteiger charge is 2.32. The van der Waals surface area contributed by atoms with Crippen LogP contribution in [0.3, 0.4) is 0 Å². The Kier molecular flexibility index (Phi) is 2.64. The van der Waals surface area contributed by atoms with Crippen molar-refractivity contribution in [3.63, 3.8) is 0 Å². The first kappa shape index (κ1) is 10.7. The molecule has 0 saturated carbocycles. The predicted octanol–water partition coefficient (Wildman–Crippen LogP) is 3.17. The average Bonchev–Trinajstić information content (AvgIpc) is 1.97. The smallest absolute Gasteiger partial charge is 0.403 e. The normalized spacial score (nSPS) is 11.6. The van der Waals surface area contributed by atoms with E-state index >= 15 is 0 Å². The number of alkyl halides is 3. The van der Waals surface area contributed by atoms with Gasteiger partial charge in [-0.15, -0.1) is 13.2 Å². The summed E-state index contributed by atoms with van der Waals surface area (Å²) in [6.07, 6.45) is -5.03. The summed E-state index contributed by atoms with van der Waals surface area (Å²) in [5.41, 5.74) is -0.0861. The molecule has 0 amide bonds. The molecule has 0 N–H and O–H groups in total. The van der Waals surface area contributed by atoms with E-state index in [1.165, 1.54) is 6.92 Å². The summed E-state index contributed by atoms with van der Waals surface area (Å²) in [4.78, 5) is 0. The summed E-state index contributed by atoms with van der Waals surface area (Å²) in [6, 6.07) is 0.995. The van der Waals surface area contributed by atoms with Crippen molar-refractivity contribution in [2.24, 2.45) is 0 Å². The molecule has 0 atom stereocenters. The lowest BCUT2D eigenvalue weighted by Gasteiger charge is -2.10. The third-order valence-electron chi connectivity index (χ3n) is 1.44. The van der Waals surface area contributed by atoms with E-state index in [9.17, 15) is 22.0 Å². The van der Waals surface area contributed by atoms with Crippen molar-refractivity contribution in [1.82, 2.24) is 0 Å². The highest BCUT2D eigenvalue weighted by Crippen LogP contribution is 2.27. The molecule has 0 radical (unpaired) electrons. The quantitative estimate of drug-likeness (QED) is 0.649. The Balaban J connectivity index is 3.04. The molecule has 1 rings (SSSR count). The van der Waals surface area contributed by atoms with Crippen LogP contribution in [0, 0.1) is 18.6 Å². The lowest BCUT2D eigenvalue weighted by Crippen LogP contribution is -2.18. The van der Waals surface area contributed by atoms with E-state index < -0.39 is 23.7 Å². The number of halogens is 5. The van der Waals surface area contributed by atoms with Crippen molar-refractivity contribution in [3.8, 4) is 5.75 Å². The Morgan fingerprint density at radius 2 is 1.64 bits per heavy atom. The average molecular weight is 212 g/mol. The maximum Gasteiger partial charge on any atom is 0.573 e. The molecule has 0 spiro atoms. The van der Waals surface area contributed by atoms with Gasteiger partial charge in [-0.1, -0.05) is 0 Å². The zero-order chi connectivity index (χ0) is 10.9. The van der Waals surface area contributed by atoms with Gasteiger partial charge in [0.15, 0.2) is 11.6 Å². The van der Waals surface area contributed by atoms with Crippen LogP contribution < -0.4 is 4.74 Å². The third-order valence-corrected chi connectivity index (χ3v) is 1.44. The van der Waals surface area contributed by atoms with Crippen LogP contribution in [0.1, 0.15) is 5.56 Å². The molecule has 0 bridgehead atoms. The van der Waals surface area contributed by atoms with Gasteiger partial charge in [0.05, 0.1) is 0 Å². The van der Waals surface area contributed by atoms with Gasteiger partial charge >= 0.3 is 6.36 Å². The number of rotatable bonds is 1. The van der Waals surface area contributed by atoms with Crippen LogP contribution in [0.4, 0.5) is 22.0 Å². The van der Waals surface area contributed by atoms with Crippen LogP contribution in [0.25, 0.3) is 0 Å². The van der Waals surface area contributed by atoms with Crippen LogP contribution in [0.5, 0.6) is 5.75 Å². The zero-order valence-electron chi connectivity index (χ0n) is 6.95. The van der Waals surface area contributed by atoms with Gasteiger partial charge in [-0.05, 0) is 18.6 Å². The lowest BCUT2D eigenvalue weighted by molar-refractivity contribution is -0.275. The van der Waals surface area contributed by atoms with Crippen LogP contribution in [-0.2, 0) is 0 Å². The second-order valence-electron chi connectivity index (χ2n) is 2.58. The van der Waals surface area contributed by atoms with Gasteiger partial charge in [-0.3, -0.25) is 0 Å². The van der Waals surface area contributed by atoms with Crippen molar-refractivity contribution in [2.45, 2.75) is 13.3 Å². The van der Waals surface area contributed by atoms with E-state index in [4.69, 9.17) is 0 Å². The number of aryl methyl sites for hydroxylation is 1. The highest BCUT2D eigenvalue weighted by molar-refractivity contribution is 5.30. The first-order valence-electron chi connectivity index (χ1n) is 3.51. The minimum absolute atomic E-state index is 0.0861. The lowest BCUT2D eigenvalue weighted by atomic mass is 10.2. The first-order valence-corrected chi connectivity index (χ1v) is 3.51. The van der Waals surface area contributed by atoms with Crippen molar-refractivity contribution >= 4 is 0 Å². The largest absolute Gasteiger partial charge is 0.573 e. The van der Waals surface area contributed by atoms with Gasteiger partial charge in [-0.2, -0.15) is 0 Å². The van der Waals surface area contributed by atoms with Crippen molar-refractivity contribution in [3.05, 3.63) is 29.3 Å².